The Kier molecular flexibility index (Phi) is 7.45. The molecule has 3 nitrogen and oxygen atoms in total. The summed E-state index contributed by atoms with van der Waals surface area (Å²) in [6, 6.07) is 0. The van der Waals surface area contributed by atoms with Crippen LogP contribution in [0.15, 0.2) is 0 Å². The highest BCUT2D eigenvalue weighted by molar-refractivity contribution is 5.75. The number of nitrogens with two attached hydrogens (primary N) is 1. The minimum absolute atomic E-state index is 0.327. The van der Waals surface area contributed by atoms with Crippen LogP contribution in [0.4, 0.5) is 0 Å². The molecule has 0 aromatic heterocycles. The van der Waals surface area contributed by atoms with Gasteiger partial charge in [-0.3, -0.25) is 0 Å². The molecule has 0 amide bonds. The minimum Gasteiger partial charge on any atom is -0.330 e. The van der Waals surface area contributed by atoms with E-state index in [0.717, 1.165) is 25.3 Å². The molecule has 3 heteroatoms. The number of ketones is 1. The summed E-state index contributed by atoms with van der Waals surface area (Å²) in [6.07, 6.45) is 8.11. The lowest BCUT2D eigenvalue weighted by atomic mass is 10.0. The van der Waals surface area contributed by atoms with Gasteiger partial charge in [0.25, 0.3) is 0 Å². The molecule has 1 saturated heterocycles. The van der Waals surface area contributed by atoms with E-state index < -0.39 is 0 Å². The van der Waals surface area contributed by atoms with Crippen LogP contribution in [0.1, 0.15) is 51.9 Å². The van der Waals surface area contributed by atoms with Crippen molar-refractivity contribution in [2.75, 3.05) is 26.2 Å². The SMILES string of the molecule is CC(=O)CCCCCN1CCC(CCCN)C1. The van der Waals surface area contributed by atoms with E-state index in [9.17, 15) is 4.79 Å². The number of rotatable bonds is 9. The lowest BCUT2D eigenvalue weighted by Gasteiger charge is -2.15. The fourth-order valence-corrected chi connectivity index (χ4v) is 2.64. The third-order valence-corrected chi connectivity index (χ3v) is 3.69. The number of unbranched alkanes of at least 4 members (excludes halogenated alkanes) is 2. The molecule has 0 saturated carbocycles. The fourth-order valence-electron chi connectivity index (χ4n) is 2.64. The summed E-state index contributed by atoms with van der Waals surface area (Å²) < 4.78 is 0. The zero-order valence-corrected chi connectivity index (χ0v) is 11.3. The van der Waals surface area contributed by atoms with E-state index in [1.807, 2.05) is 0 Å². The summed E-state index contributed by atoms with van der Waals surface area (Å²) in [7, 11) is 0. The quantitative estimate of drug-likeness (QED) is 0.628. The van der Waals surface area contributed by atoms with Crippen LogP contribution in [0, 0.1) is 5.92 Å². The first kappa shape index (κ1) is 14.7. The molecule has 1 aliphatic heterocycles. The maximum Gasteiger partial charge on any atom is 0.129 e. The third kappa shape index (κ3) is 6.79. The van der Waals surface area contributed by atoms with Gasteiger partial charge < -0.3 is 15.4 Å². The molecule has 0 radical (unpaired) electrons. The molecule has 1 aliphatic rings. The van der Waals surface area contributed by atoms with E-state index in [1.54, 1.807) is 6.92 Å². The molecule has 1 fully saturated rings. The van der Waals surface area contributed by atoms with Crippen molar-refractivity contribution < 1.29 is 4.79 Å². The summed E-state index contributed by atoms with van der Waals surface area (Å²) in [5.74, 6) is 1.21. The second-order valence-corrected chi connectivity index (χ2v) is 5.40. The standard InChI is InChI=1S/C14H28N2O/c1-13(17)6-3-2-4-10-16-11-8-14(12-16)7-5-9-15/h14H,2-12,15H2,1H3. The van der Waals surface area contributed by atoms with Crippen LogP contribution in [-0.4, -0.2) is 36.9 Å². The van der Waals surface area contributed by atoms with Gasteiger partial charge in [0.1, 0.15) is 5.78 Å². The molecule has 0 aliphatic carbocycles. The Balaban J connectivity index is 1.96. The summed E-state index contributed by atoms with van der Waals surface area (Å²) in [4.78, 5) is 13.4. The smallest absolute Gasteiger partial charge is 0.129 e. The van der Waals surface area contributed by atoms with Crippen LogP contribution in [0.3, 0.4) is 0 Å². The number of carbonyl (C=O) groups is 1. The van der Waals surface area contributed by atoms with Crippen molar-refractivity contribution in [1.29, 1.82) is 0 Å². The van der Waals surface area contributed by atoms with Gasteiger partial charge in [0.05, 0.1) is 0 Å². The van der Waals surface area contributed by atoms with E-state index in [0.29, 0.717) is 5.78 Å². The highest BCUT2D eigenvalue weighted by Crippen LogP contribution is 2.21. The summed E-state index contributed by atoms with van der Waals surface area (Å²) in [6.45, 7) is 6.27. The van der Waals surface area contributed by atoms with Crippen LogP contribution in [0.25, 0.3) is 0 Å². The van der Waals surface area contributed by atoms with E-state index in [2.05, 4.69) is 4.90 Å². The van der Waals surface area contributed by atoms with Crippen molar-refractivity contribution in [2.45, 2.75) is 51.9 Å². The predicted octanol–water partition coefficient (Wildman–Crippen LogP) is 2.20. The molecule has 0 aromatic rings. The average Bonchev–Trinajstić information content (AvgIpc) is 2.73. The zero-order valence-electron chi connectivity index (χ0n) is 11.3. The first-order chi connectivity index (χ1) is 8.22. The third-order valence-electron chi connectivity index (χ3n) is 3.69. The highest BCUT2D eigenvalue weighted by Gasteiger charge is 2.20. The molecule has 100 valence electrons. The Labute approximate surface area is 106 Å². The topological polar surface area (TPSA) is 46.3 Å². The molecular weight excluding hydrogens is 212 g/mol. The normalized spacial score (nSPS) is 20.9. The molecule has 2 N–H and O–H groups in total. The molecular formula is C14H28N2O. The van der Waals surface area contributed by atoms with Crippen molar-refractivity contribution >= 4 is 5.78 Å². The van der Waals surface area contributed by atoms with Crippen molar-refractivity contribution in [2.24, 2.45) is 11.7 Å². The fraction of sp³-hybridized carbons (Fsp3) is 0.929. The first-order valence-corrected chi connectivity index (χ1v) is 7.14. The Bertz CT molecular complexity index is 218. The summed E-state index contributed by atoms with van der Waals surface area (Å²) >= 11 is 0. The Hall–Kier alpha value is -0.410. The van der Waals surface area contributed by atoms with Gasteiger partial charge in [-0.25, -0.2) is 0 Å². The molecule has 17 heavy (non-hydrogen) atoms. The van der Waals surface area contributed by atoms with E-state index in [4.69, 9.17) is 5.73 Å². The lowest BCUT2D eigenvalue weighted by Crippen LogP contribution is -2.22. The van der Waals surface area contributed by atoms with Crippen LogP contribution in [0.2, 0.25) is 0 Å². The van der Waals surface area contributed by atoms with Gasteiger partial charge in [0.15, 0.2) is 0 Å². The average molecular weight is 240 g/mol. The maximum atomic E-state index is 10.8. The van der Waals surface area contributed by atoms with Crippen molar-refractivity contribution in [3.8, 4) is 0 Å². The second-order valence-electron chi connectivity index (χ2n) is 5.40. The number of carbonyl (C=O) groups excluding carboxylic acids is 1. The largest absolute Gasteiger partial charge is 0.330 e. The second kappa shape index (κ2) is 8.65. The van der Waals surface area contributed by atoms with Crippen LogP contribution < -0.4 is 5.73 Å². The Morgan fingerprint density at radius 1 is 1.29 bits per heavy atom. The van der Waals surface area contributed by atoms with Crippen LogP contribution in [0.5, 0.6) is 0 Å². The zero-order chi connectivity index (χ0) is 12.5. The number of Topliss-reactive ketones (excluding diaryl/α,β-unsaturated/α-hetero) is 1. The Morgan fingerprint density at radius 2 is 2.12 bits per heavy atom. The van der Waals surface area contributed by atoms with Gasteiger partial charge in [-0.2, -0.15) is 0 Å². The van der Waals surface area contributed by atoms with Gasteiger partial charge >= 0.3 is 0 Å². The maximum absolute atomic E-state index is 10.8. The van der Waals surface area contributed by atoms with Gasteiger partial charge in [-0.15, -0.1) is 0 Å². The van der Waals surface area contributed by atoms with Gasteiger partial charge in [-0.05, 0) is 64.6 Å². The van der Waals surface area contributed by atoms with E-state index >= 15 is 0 Å². The van der Waals surface area contributed by atoms with Crippen molar-refractivity contribution in [3.63, 3.8) is 0 Å². The van der Waals surface area contributed by atoms with Gasteiger partial charge in [-0.1, -0.05) is 6.42 Å². The summed E-state index contributed by atoms with van der Waals surface area (Å²) in [5, 5.41) is 0. The molecule has 1 unspecified atom stereocenters. The van der Waals surface area contributed by atoms with Crippen molar-refractivity contribution in [1.82, 2.24) is 4.90 Å². The number of likely N-dealkylation sites (tertiary alicyclic amines) is 1. The van der Waals surface area contributed by atoms with Crippen LogP contribution >= 0.6 is 0 Å². The van der Waals surface area contributed by atoms with Gasteiger partial charge in [0, 0.05) is 13.0 Å². The predicted molar refractivity (Wildman–Crippen MR) is 72.0 cm³/mol. The first-order valence-electron chi connectivity index (χ1n) is 7.14. The van der Waals surface area contributed by atoms with Crippen LogP contribution in [-0.2, 0) is 4.79 Å². The van der Waals surface area contributed by atoms with E-state index in [-0.39, 0.29) is 0 Å². The minimum atomic E-state index is 0.327. The lowest BCUT2D eigenvalue weighted by molar-refractivity contribution is -0.117. The van der Waals surface area contributed by atoms with Crippen molar-refractivity contribution in [3.05, 3.63) is 0 Å². The highest BCUT2D eigenvalue weighted by atomic mass is 16.1. The van der Waals surface area contributed by atoms with Gasteiger partial charge in [0.2, 0.25) is 0 Å². The summed E-state index contributed by atoms with van der Waals surface area (Å²) in [5.41, 5.74) is 5.54. The number of hydrogen-bond donors (Lipinski definition) is 1. The molecule has 0 bridgehead atoms. The molecule has 0 aromatic carbocycles. The molecule has 1 heterocycles. The number of nitrogens with zero attached hydrogens (tertiary/aromatic N) is 1. The molecule has 1 atom stereocenters. The number of hydrogen-bond acceptors (Lipinski definition) is 3. The monoisotopic (exact) mass is 240 g/mol. The molecule has 0 spiro atoms. The molecule has 1 rings (SSSR count). The Morgan fingerprint density at radius 3 is 2.82 bits per heavy atom. The van der Waals surface area contributed by atoms with E-state index in [1.165, 1.54) is 51.7 Å².